The molecule has 2 atom stereocenters. The zero-order valence-electron chi connectivity index (χ0n) is 11.3. The van der Waals surface area contributed by atoms with E-state index in [4.69, 9.17) is 4.74 Å². The molecule has 1 saturated heterocycles. The van der Waals surface area contributed by atoms with Gasteiger partial charge in [-0.15, -0.1) is 0 Å². The molecule has 0 aliphatic carbocycles. The van der Waals surface area contributed by atoms with Crippen LogP contribution in [-0.2, 0) is 14.3 Å². The van der Waals surface area contributed by atoms with Crippen molar-refractivity contribution in [1.82, 2.24) is 5.32 Å². The van der Waals surface area contributed by atoms with Crippen molar-refractivity contribution in [3.05, 3.63) is 29.8 Å². The van der Waals surface area contributed by atoms with Crippen molar-refractivity contribution in [3.8, 4) is 5.75 Å². The second-order valence-corrected chi connectivity index (χ2v) is 4.56. The van der Waals surface area contributed by atoms with Crippen molar-refractivity contribution >= 4 is 11.9 Å². The third-order valence-corrected chi connectivity index (χ3v) is 3.20. The monoisotopic (exact) mass is 299 g/mol. The van der Waals surface area contributed by atoms with E-state index < -0.39 is 18.6 Å². The van der Waals surface area contributed by atoms with Crippen LogP contribution < -0.4 is 10.1 Å². The molecule has 1 heterocycles. The van der Waals surface area contributed by atoms with Crippen molar-refractivity contribution < 1.29 is 27.8 Å². The Morgan fingerprint density at radius 2 is 2.05 bits per heavy atom. The SMILES string of the molecule is CCOC(=O)C1NC(=O)CC1c1ccc(OC(F)F)cc1. The van der Waals surface area contributed by atoms with Crippen LogP contribution in [0.15, 0.2) is 24.3 Å². The molecule has 21 heavy (non-hydrogen) atoms. The summed E-state index contributed by atoms with van der Waals surface area (Å²) in [7, 11) is 0. The fourth-order valence-corrected chi connectivity index (χ4v) is 2.31. The van der Waals surface area contributed by atoms with E-state index in [0.717, 1.165) is 0 Å². The average molecular weight is 299 g/mol. The van der Waals surface area contributed by atoms with E-state index in [2.05, 4.69) is 10.1 Å². The maximum atomic E-state index is 12.1. The number of hydrogen-bond donors (Lipinski definition) is 1. The van der Waals surface area contributed by atoms with Crippen LogP contribution in [0.5, 0.6) is 5.75 Å². The summed E-state index contributed by atoms with van der Waals surface area (Å²) < 4.78 is 33.4. The number of esters is 1. The molecule has 0 saturated carbocycles. The molecule has 7 heteroatoms. The Labute approximate surface area is 120 Å². The number of carbonyl (C=O) groups is 2. The minimum Gasteiger partial charge on any atom is -0.464 e. The molecular formula is C14H15F2NO4. The number of benzene rings is 1. The molecule has 2 unspecified atom stereocenters. The van der Waals surface area contributed by atoms with Gasteiger partial charge in [-0.1, -0.05) is 12.1 Å². The molecule has 0 bridgehead atoms. The largest absolute Gasteiger partial charge is 0.464 e. The first-order valence-corrected chi connectivity index (χ1v) is 6.52. The second-order valence-electron chi connectivity index (χ2n) is 4.56. The van der Waals surface area contributed by atoms with E-state index in [1.165, 1.54) is 12.1 Å². The lowest BCUT2D eigenvalue weighted by molar-refractivity contribution is -0.146. The first kappa shape index (κ1) is 15.2. The Morgan fingerprint density at radius 1 is 1.38 bits per heavy atom. The van der Waals surface area contributed by atoms with Crippen LogP contribution in [0.25, 0.3) is 0 Å². The first-order chi connectivity index (χ1) is 10.0. The Morgan fingerprint density at radius 3 is 2.62 bits per heavy atom. The molecule has 1 aliphatic heterocycles. The van der Waals surface area contributed by atoms with Crippen molar-refractivity contribution in [2.45, 2.75) is 31.9 Å². The number of rotatable bonds is 5. The molecule has 0 radical (unpaired) electrons. The van der Waals surface area contributed by atoms with Crippen LogP contribution in [0.4, 0.5) is 8.78 Å². The van der Waals surface area contributed by atoms with Gasteiger partial charge in [0.25, 0.3) is 0 Å². The van der Waals surface area contributed by atoms with Gasteiger partial charge in [0.05, 0.1) is 6.61 Å². The van der Waals surface area contributed by atoms with Gasteiger partial charge in [0.15, 0.2) is 0 Å². The lowest BCUT2D eigenvalue weighted by Crippen LogP contribution is -2.37. The van der Waals surface area contributed by atoms with Crippen molar-refractivity contribution in [1.29, 1.82) is 0 Å². The second kappa shape index (κ2) is 6.51. The highest BCUT2D eigenvalue weighted by atomic mass is 19.3. The van der Waals surface area contributed by atoms with Gasteiger partial charge in [-0.05, 0) is 24.6 Å². The van der Waals surface area contributed by atoms with E-state index in [1.807, 2.05) is 0 Å². The number of ether oxygens (including phenoxy) is 2. The van der Waals surface area contributed by atoms with Crippen molar-refractivity contribution in [3.63, 3.8) is 0 Å². The Balaban J connectivity index is 2.14. The smallest absolute Gasteiger partial charge is 0.387 e. The van der Waals surface area contributed by atoms with Crippen LogP contribution in [-0.4, -0.2) is 31.1 Å². The normalized spacial score (nSPS) is 21.2. The third-order valence-electron chi connectivity index (χ3n) is 3.20. The predicted molar refractivity (Wildman–Crippen MR) is 69.0 cm³/mol. The molecule has 1 aromatic carbocycles. The number of amides is 1. The minimum absolute atomic E-state index is 0.0266. The fourth-order valence-electron chi connectivity index (χ4n) is 2.31. The van der Waals surface area contributed by atoms with E-state index in [0.29, 0.717) is 5.56 Å². The van der Waals surface area contributed by atoms with Crippen LogP contribution in [0.1, 0.15) is 24.8 Å². The van der Waals surface area contributed by atoms with Gasteiger partial charge in [0.2, 0.25) is 5.91 Å². The van der Waals surface area contributed by atoms with Gasteiger partial charge >= 0.3 is 12.6 Å². The molecule has 1 amide bonds. The van der Waals surface area contributed by atoms with E-state index in [9.17, 15) is 18.4 Å². The summed E-state index contributed by atoms with van der Waals surface area (Å²) in [5, 5.41) is 2.57. The quantitative estimate of drug-likeness (QED) is 0.842. The van der Waals surface area contributed by atoms with Crippen LogP contribution >= 0.6 is 0 Å². The molecular weight excluding hydrogens is 284 g/mol. The maximum absolute atomic E-state index is 12.1. The Hall–Kier alpha value is -2.18. The van der Waals surface area contributed by atoms with Gasteiger partial charge < -0.3 is 14.8 Å². The van der Waals surface area contributed by atoms with Gasteiger partial charge in [0, 0.05) is 12.3 Å². The minimum atomic E-state index is -2.89. The molecule has 1 N–H and O–H groups in total. The zero-order chi connectivity index (χ0) is 15.4. The highest BCUT2D eigenvalue weighted by molar-refractivity contribution is 5.90. The number of halogens is 2. The lowest BCUT2D eigenvalue weighted by atomic mass is 9.92. The topological polar surface area (TPSA) is 64.6 Å². The molecule has 1 fully saturated rings. The zero-order valence-corrected chi connectivity index (χ0v) is 11.3. The highest BCUT2D eigenvalue weighted by Crippen LogP contribution is 2.30. The van der Waals surface area contributed by atoms with Crippen LogP contribution in [0.3, 0.4) is 0 Å². The maximum Gasteiger partial charge on any atom is 0.387 e. The van der Waals surface area contributed by atoms with Crippen LogP contribution in [0, 0.1) is 0 Å². The number of hydrogen-bond acceptors (Lipinski definition) is 4. The number of alkyl halides is 2. The lowest BCUT2D eigenvalue weighted by Gasteiger charge is -2.17. The molecule has 0 aromatic heterocycles. The Bertz CT molecular complexity index is 518. The third kappa shape index (κ3) is 3.68. The van der Waals surface area contributed by atoms with Gasteiger partial charge in [0.1, 0.15) is 11.8 Å². The van der Waals surface area contributed by atoms with Crippen molar-refractivity contribution in [2.75, 3.05) is 6.61 Å². The molecule has 114 valence electrons. The predicted octanol–water partition coefficient (Wildman–Crippen LogP) is 1.82. The summed E-state index contributed by atoms with van der Waals surface area (Å²) in [5.74, 6) is -1.09. The fraction of sp³-hybridized carbons (Fsp3) is 0.429. The summed E-state index contributed by atoms with van der Waals surface area (Å²) in [6.45, 7) is -0.989. The molecule has 1 aliphatic rings. The highest BCUT2D eigenvalue weighted by Gasteiger charge is 2.39. The summed E-state index contributed by atoms with van der Waals surface area (Å²) in [6, 6.07) is 5.14. The van der Waals surface area contributed by atoms with Crippen LogP contribution in [0.2, 0.25) is 0 Å². The van der Waals surface area contributed by atoms with Gasteiger partial charge in [-0.2, -0.15) is 8.78 Å². The van der Waals surface area contributed by atoms with Gasteiger partial charge in [-0.3, -0.25) is 4.79 Å². The molecule has 2 rings (SSSR count). The molecule has 5 nitrogen and oxygen atoms in total. The standard InChI is InChI=1S/C14H15F2NO4/c1-2-20-13(19)12-10(7-11(18)17-12)8-3-5-9(6-4-8)21-14(15)16/h3-6,10,12,14H,2,7H2,1H3,(H,17,18). The summed E-state index contributed by atoms with van der Waals surface area (Å²) >= 11 is 0. The van der Waals surface area contributed by atoms with E-state index in [-0.39, 0.29) is 30.6 Å². The van der Waals surface area contributed by atoms with Gasteiger partial charge in [-0.25, -0.2) is 4.79 Å². The van der Waals surface area contributed by atoms with E-state index >= 15 is 0 Å². The first-order valence-electron chi connectivity index (χ1n) is 6.52. The summed E-state index contributed by atoms with van der Waals surface area (Å²) in [5.41, 5.74) is 0.688. The summed E-state index contributed by atoms with van der Waals surface area (Å²) in [6.07, 6.45) is 0.151. The molecule has 1 aromatic rings. The van der Waals surface area contributed by atoms with Crippen molar-refractivity contribution in [2.24, 2.45) is 0 Å². The summed E-state index contributed by atoms with van der Waals surface area (Å²) in [4.78, 5) is 23.3. The average Bonchev–Trinajstić information content (AvgIpc) is 2.81. The number of nitrogens with one attached hydrogen (secondary N) is 1. The van der Waals surface area contributed by atoms with E-state index in [1.54, 1.807) is 19.1 Å². The Kier molecular flexibility index (Phi) is 4.72. The number of carbonyl (C=O) groups excluding carboxylic acids is 2. The molecule has 0 spiro atoms.